The minimum absolute atomic E-state index is 0.0273. The molecule has 27 heavy (non-hydrogen) atoms. The lowest BCUT2D eigenvalue weighted by molar-refractivity contribution is -0.119. The zero-order valence-electron chi connectivity index (χ0n) is 14.3. The zero-order valence-corrected chi connectivity index (χ0v) is 15.8. The molecule has 2 atom stereocenters. The number of benzene rings is 1. The fourth-order valence-electron chi connectivity index (χ4n) is 2.36. The van der Waals surface area contributed by atoms with Crippen molar-refractivity contribution in [3.63, 3.8) is 0 Å². The average Bonchev–Trinajstić information content (AvgIpc) is 3.09. The second-order valence-corrected chi connectivity index (χ2v) is 6.69. The molecule has 11 heteroatoms. The lowest BCUT2D eigenvalue weighted by Crippen LogP contribution is -2.45. The number of hydrogen-bond donors (Lipinski definition) is 5. The van der Waals surface area contributed by atoms with Crippen molar-refractivity contribution in [2.24, 2.45) is 10.7 Å². The van der Waals surface area contributed by atoms with Crippen LogP contribution in [0.2, 0.25) is 10.0 Å². The van der Waals surface area contributed by atoms with E-state index in [1.807, 2.05) is 0 Å². The van der Waals surface area contributed by atoms with Gasteiger partial charge in [-0.2, -0.15) is 0 Å². The topological polar surface area (TPSA) is 142 Å². The number of nitrogens with one attached hydrogen (secondary N) is 4. The van der Waals surface area contributed by atoms with Crippen LogP contribution < -0.4 is 21.7 Å². The van der Waals surface area contributed by atoms with Gasteiger partial charge in [0.1, 0.15) is 6.61 Å². The number of halogens is 2. The highest BCUT2D eigenvalue weighted by molar-refractivity contribution is 6.36. The molecule has 0 bridgehead atoms. The highest BCUT2D eigenvalue weighted by Crippen LogP contribution is 2.24. The largest absolute Gasteiger partial charge is 0.448 e. The Bertz CT molecular complexity index is 715. The Balaban J connectivity index is 1.69. The van der Waals surface area contributed by atoms with Gasteiger partial charge in [-0.25, -0.2) is 4.79 Å². The van der Waals surface area contributed by atoms with E-state index in [2.05, 4.69) is 20.9 Å². The molecule has 1 aliphatic heterocycles. The van der Waals surface area contributed by atoms with Gasteiger partial charge in [0, 0.05) is 22.1 Å². The van der Waals surface area contributed by atoms with Crippen LogP contribution in [-0.4, -0.2) is 49.5 Å². The summed E-state index contributed by atoms with van der Waals surface area (Å²) in [5, 5.41) is 15.7. The molecule has 2 amide bonds. The minimum atomic E-state index is -0.887. The number of nitrogens with zero attached hydrogens (tertiary/aromatic N) is 1. The SMILES string of the molecule is N=C(NC(=O)Cc1c(Cl)cccc1Cl)NC(=O)OC[C@@H](N)CC1CN=CN1. The summed E-state index contributed by atoms with van der Waals surface area (Å²) in [5.74, 6) is -1.08. The van der Waals surface area contributed by atoms with E-state index in [-0.39, 0.29) is 25.1 Å². The number of guanidine groups is 1. The Labute approximate surface area is 166 Å². The van der Waals surface area contributed by atoms with Crippen LogP contribution in [0, 0.1) is 5.41 Å². The molecule has 0 spiro atoms. The maximum Gasteiger partial charge on any atom is 0.414 e. The first-order chi connectivity index (χ1) is 12.8. The van der Waals surface area contributed by atoms with Crippen LogP contribution in [-0.2, 0) is 16.0 Å². The number of hydrogen-bond acceptors (Lipinski definition) is 7. The first kappa shape index (κ1) is 20.9. The Morgan fingerprint density at radius 2 is 2.07 bits per heavy atom. The van der Waals surface area contributed by atoms with Crippen LogP contribution >= 0.6 is 23.2 Å². The van der Waals surface area contributed by atoms with Crippen LogP contribution in [0.5, 0.6) is 0 Å². The molecule has 0 aliphatic carbocycles. The highest BCUT2D eigenvalue weighted by Gasteiger charge is 2.17. The van der Waals surface area contributed by atoms with Gasteiger partial charge < -0.3 is 15.8 Å². The summed E-state index contributed by atoms with van der Waals surface area (Å²) >= 11 is 12.0. The number of carbonyl (C=O) groups is 2. The van der Waals surface area contributed by atoms with Crippen LogP contribution in [0.1, 0.15) is 12.0 Å². The van der Waals surface area contributed by atoms with Gasteiger partial charge >= 0.3 is 6.09 Å². The summed E-state index contributed by atoms with van der Waals surface area (Å²) in [5.41, 5.74) is 6.31. The van der Waals surface area contributed by atoms with Crippen molar-refractivity contribution in [2.45, 2.75) is 24.9 Å². The molecule has 146 valence electrons. The molecule has 1 aromatic rings. The number of rotatable bonds is 6. The van der Waals surface area contributed by atoms with Gasteiger partial charge in [0.05, 0.1) is 19.3 Å². The van der Waals surface area contributed by atoms with Gasteiger partial charge in [-0.3, -0.25) is 25.8 Å². The summed E-state index contributed by atoms with van der Waals surface area (Å²) in [6, 6.07) is 4.62. The third-order valence-electron chi connectivity index (χ3n) is 3.63. The highest BCUT2D eigenvalue weighted by atomic mass is 35.5. The van der Waals surface area contributed by atoms with Gasteiger partial charge in [0.15, 0.2) is 0 Å². The van der Waals surface area contributed by atoms with Gasteiger partial charge in [-0.15, -0.1) is 0 Å². The number of carbonyl (C=O) groups excluding carboxylic acids is 2. The lowest BCUT2D eigenvalue weighted by Gasteiger charge is -2.16. The Kier molecular flexibility index (Phi) is 7.83. The van der Waals surface area contributed by atoms with E-state index in [0.717, 1.165) is 0 Å². The van der Waals surface area contributed by atoms with Gasteiger partial charge in [0.2, 0.25) is 11.9 Å². The van der Waals surface area contributed by atoms with E-state index in [1.165, 1.54) is 0 Å². The molecule has 1 aromatic carbocycles. The van der Waals surface area contributed by atoms with Gasteiger partial charge in [-0.1, -0.05) is 29.3 Å². The summed E-state index contributed by atoms with van der Waals surface area (Å²) in [6.45, 7) is 0.604. The molecule has 2 rings (SSSR count). The van der Waals surface area contributed by atoms with Crippen molar-refractivity contribution < 1.29 is 14.3 Å². The Morgan fingerprint density at radius 3 is 2.70 bits per heavy atom. The molecule has 9 nitrogen and oxygen atoms in total. The van der Waals surface area contributed by atoms with Crippen molar-refractivity contribution >= 4 is 47.5 Å². The summed E-state index contributed by atoms with van der Waals surface area (Å²) in [6.07, 6.45) is 1.17. The molecule has 6 N–H and O–H groups in total. The fraction of sp³-hybridized carbons (Fsp3) is 0.375. The maximum absolute atomic E-state index is 12.0. The molecular formula is C16H20Cl2N6O3. The number of ether oxygens (including phenoxy) is 1. The molecular weight excluding hydrogens is 395 g/mol. The standard InChI is InChI=1S/C16H20Cl2N6O3/c17-12-2-1-3-13(18)11(12)5-14(25)23-15(20)24-16(26)27-7-9(19)4-10-6-21-8-22-10/h1-3,8-10H,4-7,19H2,(H,21,22)(H3,20,23,24,25,26)/t9-,10?/m0/s1. The third-order valence-corrected chi connectivity index (χ3v) is 4.34. The Morgan fingerprint density at radius 1 is 1.37 bits per heavy atom. The normalized spacial score (nSPS) is 16.3. The first-order valence-corrected chi connectivity index (χ1v) is 8.85. The monoisotopic (exact) mass is 414 g/mol. The van der Waals surface area contributed by atoms with Gasteiger partial charge in [-0.05, 0) is 24.1 Å². The summed E-state index contributed by atoms with van der Waals surface area (Å²) in [4.78, 5) is 27.7. The average molecular weight is 415 g/mol. The predicted molar refractivity (Wildman–Crippen MR) is 103 cm³/mol. The van der Waals surface area contributed by atoms with E-state index < -0.39 is 18.0 Å². The molecule has 0 aromatic heterocycles. The van der Waals surface area contributed by atoms with Crippen molar-refractivity contribution in [1.29, 1.82) is 5.41 Å². The molecule has 0 saturated carbocycles. The molecule has 1 aliphatic rings. The number of amides is 2. The van der Waals surface area contributed by atoms with E-state index in [1.54, 1.807) is 24.5 Å². The predicted octanol–water partition coefficient (Wildman–Crippen LogP) is 1.03. The number of nitrogens with two attached hydrogens (primary N) is 1. The number of alkyl carbamates (subject to hydrolysis) is 1. The van der Waals surface area contributed by atoms with E-state index in [4.69, 9.17) is 39.1 Å². The van der Waals surface area contributed by atoms with E-state index in [0.29, 0.717) is 28.6 Å². The fourth-order valence-corrected chi connectivity index (χ4v) is 2.90. The van der Waals surface area contributed by atoms with Crippen LogP contribution in [0.4, 0.5) is 4.79 Å². The summed E-state index contributed by atoms with van der Waals surface area (Å²) < 4.78 is 4.94. The molecule has 1 unspecified atom stereocenters. The first-order valence-electron chi connectivity index (χ1n) is 8.10. The van der Waals surface area contributed by atoms with Crippen molar-refractivity contribution in [1.82, 2.24) is 16.0 Å². The third kappa shape index (κ3) is 7.05. The van der Waals surface area contributed by atoms with Crippen molar-refractivity contribution in [2.75, 3.05) is 13.2 Å². The van der Waals surface area contributed by atoms with Gasteiger partial charge in [0.25, 0.3) is 0 Å². The second kappa shape index (κ2) is 10.1. The summed E-state index contributed by atoms with van der Waals surface area (Å²) in [7, 11) is 0. The molecule has 0 fully saturated rings. The Hall–Kier alpha value is -2.36. The molecule has 1 heterocycles. The van der Waals surface area contributed by atoms with E-state index >= 15 is 0 Å². The molecule has 0 saturated heterocycles. The van der Waals surface area contributed by atoms with Crippen LogP contribution in [0.25, 0.3) is 0 Å². The zero-order chi connectivity index (χ0) is 19.8. The van der Waals surface area contributed by atoms with Crippen LogP contribution in [0.3, 0.4) is 0 Å². The van der Waals surface area contributed by atoms with Crippen molar-refractivity contribution in [3.8, 4) is 0 Å². The maximum atomic E-state index is 12.0. The molecule has 0 radical (unpaired) electrons. The quantitative estimate of drug-likeness (QED) is 0.349. The van der Waals surface area contributed by atoms with E-state index in [9.17, 15) is 9.59 Å². The second-order valence-electron chi connectivity index (χ2n) is 5.88. The van der Waals surface area contributed by atoms with Crippen LogP contribution in [0.15, 0.2) is 23.2 Å². The lowest BCUT2D eigenvalue weighted by atomic mass is 10.1. The number of aliphatic imine (C=N–C) groups is 1. The smallest absolute Gasteiger partial charge is 0.414 e. The minimum Gasteiger partial charge on any atom is -0.448 e. The van der Waals surface area contributed by atoms with Crippen molar-refractivity contribution in [3.05, 3.63) is 33.8 Å².